The Labute approximate surface area is 99.6 Å². The van der Waals surface area contributed by atoms with Crippen LogP contribution in [0.4, 0.5) is 0 Å². The van der Waals surface area contributed by atoms with Crippen LogP contribution >= 0.6 is 0 Å². The van der Waals surface area contributed by atoms with Crippen molar-refractivity contribution in [3.63, 3.8) is 0 Å². The Hall–Kier alpha value is -1.47. The van der Waals surface area contributed by atoms with Crippen LogP contribution in [-0.2, 0) is 20.9 Å². The van der Waals surface area contributed by atoms with Gasteiger partial charge in [-0.05, 0) is 5.56 Å². The van der Waals surface area contributed by atoms with E-state index in [9.17, 15) is 4.79 Å². The third kappa shape index (κ3) is 4.49. The number of carbonyl (C=O) groups is 1. The monoisotopic (exact) mass is 243 g/mol. The van der Waals surface area contributed by atoms with E-state index in [0.29, 0.717) is 6.42 Å². The SMILES string of the molecule is CON(OC)[C@@H](Cc1ccccc1)C(=O)O.O. The summed E-state index contributed by atoms with van der Waals surface area (Å²) < 4.78 is 0. The summed E-state index contributed by atoms with van der Waals surface area (Å²) in [6.07, 6.45) is 0.317. The third-order valence-corrected chi connectivity index (χ3v) is 2.17. The molecule has 0 bridgehead atoms. The molecule has 0 radical (unpaired) electrons. The van der Waals surface area contributed by atoms with E-state index in [1.807, 2.05) is 30.3 Å². The van der Waals surface area contributed by atoms with Crippen molar-refractivity contribution in [3.8, 4) is 0 Å². The van der Waals surface area contributed by atoms with E-state index in [1.165, 1.54) is 14.2 Å². The zero-order chi connectivity index (χ0) is 12.0. The highest BCUT2D eigenvalue weighted by Crippen LogP contribution is 2.09. The largest absolute Gasteiger partial charge is 0.480 e. The first kappa shape index (κ1) is 15.5. The average Bonchev–Trinajstić information content (AvgIpc) is 2.30. The zero-order valence-corrected chi connectivity index (χ0v) is 9.79. The number of nitrogens with zero attached hydrogens (tertiary/aromatic N) is 1. The number of rotatable bonds is 6. The van der Waals surface area contributed by atoms with Gasteiger partial charge in [-0.2, -0.15) is 0 Å². The van der Waals surface area contributed by atoms with Crippen molar-refractivity contribution in [2.75, 3.05) is 14.2 Å². The van der Waals surface area contributed by atoms with Gasteiger partial charge in [-0.15, -0.1) is 0 Å². The van der Waals surface area contributed by atoms with Crippen LogP contribution in [-0.4, -0.2) is 42.0 Å². The van der Waals surface area contributed by atoms with Crippen molar-refractivity contribution in [3.05, 3.63) is 35.9 Å². The van der Waals surface area contributed by atoms with Crippen molar-refractivity contribution in [1.82, 2.24) is 5.23 Å². The second kappa shape index (κ2) is 7.75. The molecule has 17 heavy (non-hydrogen) atoms. The lowest BCUT2D eigenvalue weighted by molar-refractivity contribution is -0.359. The van der Waals surface area contributed by atoms with Crippen LogP contribution in [0.25, 0.3) is 0 Å². The molecule has 1 aromatic rings. The van der Waals surface area contributed by atoms with Crippen molar-refractivity contribution in [2.24, 2.45) is 0 Å². The highest BCUT2D eigenvalue weighted by Gasteiger charge is 2.26. The summed E-state index contributed by atoms with van der Waals surface area (Å²) >= 11 is 0. The fourth-order valence-corrected chi connectivity index (χ4v) is 1.42. The van der Waals surface area contributed by atoms with Gasteiger partial charge in [0.15, 0.2) is 6.04 Å². The van der Waals surface area contributed by atoms with Crippen LogP contribution < -0.4 is 0 Å². The molecule has 1 aromatic carbocycles. The van der Waals surface area contributed by atoms with Gasteiger partial charge in [-0.1, -0.05) is 35.6 Å². The van der Waals surface area contributed by atoms with Crippen LogP contribution in [0.1, 0.15) is 5.56 Å². The molecule has 0 heterocycles. The van der Waals surface area contributed by atoms with Gasteiger partial charge in [0.1, 0.15) is 0 Å². The molecule has 0 aliphatic rings. The molecule has 3 N–H and O–H groups in total. The Balaban J connectivity index is 0.00000256. The molecule has 0 aliphatic carbocycles. The molecular formula is C11H17NO5. The van der Waals surface area contributed by atoms with Crippen molar-refractivity contribution >= 4 is 5.97 Å². The summed E-state index contributed by atoms with van der Waals surface area (Å²) in [4.78, 5) is 20.7. The number of benzene rings is 1. The van der Waals surface area contributed by atoms with Gasteiger partial charge < -0.3 is 10.6 Å². The molecule has 1 atom stereocenters. The van der Waals surface area contributed by atoms with Gasteiger partial charge in [0.2, 0.25) is 0 Å². The standard InChI is InChI=1S/C11H15NO4.H2O/c1-15-12(16-2)10(11(13)14)8-9-6-4-3-5-7-9;/h3-7,10H,8H2,1-2H3,(H,13,14);1H2/t10-;/m0./s1. The number of hydroxylamine groups is 2. The smallest absolute Gasteiger partial charge is 0.326 e. The molecule has 0 unspecified atom stereocenters. The van der Waals surface area contributed by atoms with Crippen LogP contribution in [0.3, 0.4) is 0 Å². The maximum Gasteiger partial charge on any atom is 0.326 e. The number of hydrogen-bond acceptors (Lipinski definition) is 4. The Morgan fingerprint density at radius 2 is 1.82 bits per heavy atom. The van der Waals surface area contributed by atoms with Gasteiger partial charge in [0, 0.05) is 6.42 Å². The van der Waals surface area contributed by atoms with Gasteiger partial charge in [-0.3, -0.25) is 14.5 Å². The Morgan fingerprint density at radius 3 is 2.24 bits per heavy atom. The molecule has 1 rings (SSSR count). The fourth-order valence-electron chi connectivity index (χ4n) is 1.42. The van der Waals surface area contributed by atoms with E-state index >= 15 is 0 Å². The molecule has 0 amide bonds. The van der Waals surface area contributed by atoms with Gasteiger partial charge in [0.05, 0.1) is 14.2 Å². The minimum atomic E-state index is -0.993. The summed E-state index contributed by atoms with van der Waals surface area (Å²) in [5.41, 5.74) is 0.911. The number of carboxylic acid groups (broad SMARTS) is 1. The lowest BCUT2D eigenvalue weighted by Crippen LogP contribution is -2.41. The van der Waals surface area contributed by atoms with E-state index in [4.69, 9.17) is 14.8 Å². The van der Waals surface area contributed by atoms with Crippen molar-refractivity contribution < 1.29 is 25.1 Å². The maximum absolute atomic E-state index is 11.1. The molecule has 0 saturated heterocycles. The predicted octanol–water partition coefficient (Wildman–Crippen LogP) is 0.282. The summed E-state index contributed by atoms with van der Waals surface area (Å²) in [5.74, 6) is -0.993. The third-order valence-electron chi connectivity index (χ3n) is 2.17. The van der Waals surface area contributed by atoms with Crippen LogP contribution in [0.15, 0.2) is 30.3 Å². The number of hydrogen-bond donors (Lipinski definition) is 1. The highest BCUT2D eigenvalue weighted by molar-refractivity contribution is 5.73. The molecular weight excluding hydrogens is 226 g/mol. The highest BCUT2D eigenvalue weighted by atomic mass is 16.9. The molecule has 0 aromatic heterocycles. The van der Waals surface area contributed by atoms with Gasteiger partial charge in [-0.25, -0.2) is 0 Å². The minimum absolute atomic E-state index is 0. The Morgan fingerprint density at radius 1 is 1.29 bits per heavy atom. The zero-order valence-electron chi connectivity index (χ0n) is 9.79. The predicted molar refractivity (Wildman–Crippen MR) is 61.0 cm³/mol. The van der Waals surface area contributed by atoms with E-state index in [0.717, 1.165) is 10.8 Å². The minimum Gasteiger partial charge on any atom is -0.480 e. The molecule has 0 aliphatic heterocycles. The summed E-state index contributed by atoms with van der Waals surface area (Å²) in [6, 6.07) is 8.45. The second-order valence-electron chi connectivity index (χ2n) is 3.19. The lowest BCUT2D eigenvalue weighted by Gasteiger charge is -2.23. The van der Waals surface area contributed by atoms with Crippen LogP contribution in [0, 0.1) is 0 Å². The van der Waals surface area contributed by atoms with Crippen LogP contribution in [0.2, 0.25) is 0 Å². The molecule has 6 heteroatoms. The molecule has 6 nitrogen and oxygen atoms in total. The molecule has 0 spiro atoms. The van der Waals surface area contributed by atoms with E-state index in [1.54, 1.807) is 0 Å². The number of carboxylic acids is 1. The normalized spacial score (nSPS) is 11.9. The first-order valence-electron chi connectivity index (χ1n) is 4.83. The average molecular weight is 243 g/mol. The molecule has 0 saturated carbocycles. The molecule has 0 fully saturated rings. The second-order valence-corrected chi connectivity index (χ2v) is 3.19. The first-order valence-corrected chi connectivity index (χ1v) is 4.83. The van der Waals surface area contributed by atoms with Gasteiger partial charge >= 0.3 is 5.97 Å². The van der Waals surface area contributed by atoms with Crippen molar-refractivity contribution in [2.45, 2.75) is 12.5 Å². The fraction of sp³-hybridized carbons (Fsp3) is 0.364. The molecule has 96 valence electrons. The van der Waals surface area contributed by atoms with E-state index in [-0.39, 0.29) is 5.48 Å². The van der Waals surface area contributed by atoms with E-state index in [2.05, 4.69) is 0 Å². The summed E-state index contributed by atoms with van der Waals surface area (Å²) in [7, 11) is 2.73. The Bertz CT molecular complexity index is 326. The summed E-state index contributed by atoms with van der Waals surface area (Å²) in [5, 5.41) is 10.0. The Kier molecular flexibility index (Phi) is 7.08. The lowest BCUT2D eigenvalue weighted by atomic mass is 10.1. The van der Waals surface area contributed by atoms with Crippen LogP contribution in [0.5, 0.6) is 0 Å². The summed E-state index contributed by atoms with van der Waals surface area (Å²) in [6.45, 7) is 0. The van der Waals surface area contributed by atoms with Crippen molar-refractivity contribution in [1.29, 1.82) is 0 Å². The quantitative estimate of drug-likeness (QED) is 0.725. The van der Waals surface area contributed by atoms with E-state index < -0.39 is 12.0 Å². The number of aliphatic carboxylic acids is 1. The van der Waals surface area contributed by atoms with Gasteiger partial charge in [0.25, 0.3) is 0 Å². The topological polar surface area (TPSA) is 90.5 Å². The first-order chi connectivity index (χ1) is 7.69. The maximum atomic E-state index is 11.1.